The fraction of sp³-hybridized carbons (Fsp3) is 0.667. The smallest absolute Gasteiger partial charge is 0.224 e. The number of nitrogens with zero attached hydrogens (tertiary/aromatic N) is 1. The third-order valence-electron chi connectivity index (χ3n) is 5.88. The molecular weight excluding hydrogens is 356 g/mol. The van der Waals surface area contributed by atoms with E-state index in [0.717, 1.165) is 23.9 Å². The summed E-state index contributed by atoms with van der Waals surface area (Å²) in [5.74, 6) is 2.30. The summed E-state index contributed by atoms with van der Waals surface area (Å²) in [6, 6.07) is 3.61. The highest BCUT2D eigenvalue weighted by Gasteiger charge is 2.57. The van der Waals surface area contributed by atoms with Gasteiger partial charge in [-0.3, -0.25) is 4.79 Å². The first-order valence-corrected chi connectivity index (χ1v) is 9.26. The largest absolute Gasteiger partial charge is 0.481 e. The summed E-state index contributed by atoms with van der Waals surface area (Å²) in [6.07, 6.45) is 9.88. The van der Waals surface area contributed by atoms with Gasteiger partial charge in [0.2, 0.25) is 11.8 Å². The number of carbonyl (C=O) groups excluding carboxylic acids is 1. The predicted octanol–water partition coefficient (Wildman–Crippen LogP) is 4.15. The number of methoxy groups -OCH3 is 1. The van der Waals surface area contributed by atoms with Gasteiger partial charge >= 0.3 is 0 Å². The fourth-order valence-electron chi connectivity index (χ4n) is 5.66. The van der Waals surface area contributed by atoms with Crippen molar-refractivity contribution in [1.29, 1.82) is 0 Å². The van der Waals surface area contributed by atoms with E-state index in [0.29, 0.717) is 16.6 Å². The van der Waals surface area contributed by atoms with Crippen LogP contribution in [0.2, 0.25) is 0 Å². The van der Waals surface area contributed by atoms with Crippen LogP contribution in [0.25, 0.3) is 0 Å². The lowest BCUT2D eigenvalue weighted by molar-refractivity contribution is -0.123. The molecule has 2 unspecified atom stereocenters. The van der Waals surface area contributed by atoms with Crippen LogP contribution in [0.3, 0.4) is 0 Å². The van der Waals surface area contributed by atoms with Gasteiger partial charge in [0.1, 0.15) is 0 Å². The highest BCUT2D eigenvalue weighted by Crippen LogP contribution is 2.65. The van der Waals surface area contributed by atoms with Crippen molar-refractivity contribution in [2.45, 2.75) is 49.3 Å². The van der Waals surface area contributed by atoms with Crippen LogP contribution in [0.4, 0.5) is 5.69 Å². The molecule has 1 heterocycles. The van der Waals surface area contributed by atoms with E-state index >= 15 is 0 Å². The van der Waals surface area contributed by atoms with Crippen LogP contribution >= 0.6 is 15.9 Å². The first-order chi connectivity index (χ1) is 11.0. The van der Waals surface area contributed by atoms with E-state index < -0.39 is 0 Å². The number of rotatable bonds is 4. The van der Waals surface area contributed by atoms with Gasteiger partial charge in [0, 0.05) is 16.8 Å². The maximum absolute atomic E-state index is 12.6. The summed E-state index contributed by atoms with van der Waals surface area (Å²) in [5.41, 5.74) is 0.950. The number of carbonyl (C=O) groups is 1. The summed E-state index contributed by atoms with van der Waals surface area (Å²) in [4.78, 5) is 16.7. The summed E-state index contributed by atoms with van der Waals surface area (Å²) in [6.45, 7) is 0. The Morgan fingerprint density at radius 3 is 2.65 bits per heavy atom. The van der Waals surface area contributed by atoms with E-state index in [4.69, 9.17) is 4.74 Å². The first kappa shape index (κ1) is 15.4. The first-order valence-electron chi connectivity index (χ1n) is 8.46. The van der Waals surface area contributed by atoms with Gasteiger partial charge in [0.05, 0.1) is 19.0 Å². The minimum absolute atomic E-state index is 0.120. The maximum atomic E-state index is 12.6. The van der Waals surface area contributed by atoms with E-state index in [1.54, 1.807) is 19.4 Å². The highest BCUT2D eigenvalue weighted by atomic mass is 79.9. The molecule has 2 atom stereocenters. The zero-order chi connectivity index (χ0) is 16.1. The van der Waals surface area contributed by atoms with E-state index in [-0.39, 0.29) is 11.3 Å². The van der Waals surface area contributed by atoms with Gasteiger partial charge in [-0.25, -0.2) is 4.98 Å². The minimum atomic E-state index is 0.120. The Bertz CT molecular complexity index is 602. The zero-order valence-electron chi connectivity index (χ0n) is 13.5. The van der Waals surface area contributed by atoms with Gasteiger partial charge in [-0.1, -0.05) is 15.9 Å². The molecular formula is C18H23BrN2O2. The molecule has 0 radical (unpaired) electrons. The Labute approximate surface area is 145 Å². The number of pyridine rings is 1. The number of ether oxygens (including phenoxy) is 1. The lowest BCUT2D eigenvalue weighted by atomic mass is 9.48. The fourth-order valence-corrected chi connectivity index (χ4v) is 7.17. The van der Waals surface area contributed by atoms with Crippen molar-refractivity contribution in [2.75, 3.05) is 12.4 Å². The monoisotopic (exact) mass is 378 g/mol. The Kier molecular flexibility index (Phi) is 3.67. The lowest BCUT2D eigenvalue weighted by Crippen LogP contribution is -2.53. The third-order valence-corrected chi connectivity index (χ3v) is 6.80. The molecule has 0 aliphatic heterocycles. The van der Waals surface area contributed by atoms with Crippen LogP contribution < -0.4 is 10.1 Å². The molecule has 0 spiro atoms. The SMILES string of the molecule is COc1ccc(NC(=O)CC23CC4CC(CC(Br)(C4)C2)C3)cn1. The summed E-state index contributed by atoms with van der Waals surface area (Å²) < 4.78 is 5.35. The summed E-state index contributed by atoms with van der Waals surface area (Å²) >= 11 is 4.01. The molecule has 4 bridgehead atoms. The average molecular weight is 379 g/mol. The number of anilines is 1. The van der Waals surface area contributed by atoms with Crippen molar-refractivity contribution >= 4 is 27.5 Å². The van der Waals surface area contributed by atoms with E-state index in [9.17, 15) is 4.79 Å². The number of aromatic nitrogens is 1. The molecule has 4 nitrogen and oxygen atoms in total. The molecule has 0 aromatic carbocycles. The molecule has 1 amide bonds. The van der Waals surface area contributed by atoms with Crippen molar-refractivity contribution in [3.63, 3.8) is 0 Å². The molecule has 4 fully saturated rings. The number of hydrogen-bond donors (Lipinski definition) is 1. The van der Waals surface area contributed by atoms with Crippen LogP contribution in [-0.2, 0) is 4.79 Å². The van der Waals surface area contributed by atoms with Crippen molar-refractivity contribution in [3.8, 4) is 5.88 Å². The van der Waals surface area contributed by atoms with Gasteiger partial charge in [-0.2, -0.15) is 0 Å². The zero-order valence-corrected chi connectivity index (χ0v) is 15.1. The number of halogens is 1. The van der Waals surface area contributed by atoms with Gasteiger partial charge in [-0.15, -0.1) is 0 Å². The third kappa shape index (κ3) is 3.00. The normalized spacial score (nSPS) is 37.7. The second kappa shape index (κ2) is 5.47. The Morgan fingerprint density at radius 1 is 1.35 bits per heavy atom. The van der Waals surface area contributed by atoms with Gasteiger partial charge in [-0.05, 0) is 61.8 Å². The Balaban J connectivity index is 1.44. The molecule has 23 heavy (non-hydrogen) atoms. The van der Waals surface area contributed by atoms with Crippen LogP contribution in [0.5, 0.6) is 5.88 Å². The quantitative estimate of drug-likeness (QED) is 0.800. The molecule has 4 saturated carbocycles. The van der Waals surface area contributed by atoms with E-state index in [1.165, 1.54) is 32.1 Å². The molecule has 5 heteroatoms. The van der Waals surface area contributed by atoms with Crippen LogP contribution in [-0.4, -0.2) is 22.3 Å². The molecule has 5 rings (SSSR count). The van der Waals surface area contributed by atoms with Gasteiger partial charge in [0.25, 0.3) is 0 Å². The highest BCUT2D eigenvalue weighted by molar-refractivity contribution is 9.10. The van der Waals surface area contributed by atoms with Crippen LogP contribution in [0.15, 0.2) is 18.3 Å². The topological polar surface area (TPSA) is 51.2 Å². The molecule has 4 aliphatic rings. The van der Waals surface area contributed by atoms with E-state index in [1.807, 2.05) is 6.07 Å². The maximum Gasteiger partial charge on any atom is 0.224 e. The summed E-state index contributed by atoms with van der Waals surface area (Å²) in [7, 11) is 1.59. The van der Waals surface area contributed by atoms with E-state index in [2.05, 4.69) is 26.2 Å². The lowest BCUT2D eigenvalue weighted by Gasteiger charge is -2.60. The summed E-state index contributed by atoms with van der Waals surface area (Å²) in [5, 5.41) is 3.01. The predicted molar refractivity (Wildman–Crippen MR) is 92.8 cm³/mol. The molecule has 124 valence electrons. The van der Waals surface area contributed by atoms with Crippen molar-refractivity contribution in [1.82, 2.24) is 4.98 Å². The standard InChI is InChI=1S/C18H23BrN2O2/c1-23-16-3-2-14(10-20-16)21-15(22)9-17-5-12-4-13(6-17)8-18(19,7-12)11-17/h2-3,10,12-13H,4-9,11H2,1H3,(H,21,22). The second-order valence-corrected chi connectivity index (χ2v) is 9.61. The minimum Gasteiger partial charge on any atom is -0.481 e. The van der Waals surface area contributed by atoms with Crippen molar-refractivity contribution < 1.29 is 9.53 Å². The number of alkyl halides is 1. The second-order valence-electron chi connectivity index (χ2n) is 7.93. The number of hydrogen-bond acceptors (Lipinski definition) is 3. The molecule has 1 N–H and O–H groups in total. The van der Waals surface area contributed by atoms with Crippen LogP contribution in [0.1, 0.15) is 44.9 Å². The van der Waals surface area contributed by atoms with Gasteiger partial charge < -0.3 is 10.1 Å². The molecule has 1 aromatic rings. The Morgan fingerprint density at radius 2 is 2.09 bits per heavy atom. The average Bonchev–Trinajstić information content (AvgIpc) is 2.44. The molecule has 4 aliphatic carbocycles. The van der Waals surface area contributed by atoms with Crippen molar-refractivity contribution in [3.05, 3.63) is 18.3 Å². The molecule has 1 aromatic heterocycles. The molecule has 0 saturated heterocycles. The van der Waals surface area contributed by atoms with Crippen LogP contribution in [0, 0.1) is 17.3 Å². The number of nitrogens with one attached hydrogen (secondary N) is 1. The number of amides is 1. The van der Waals surface area contributed by atoms with Crippen molar-refractivity contribution in [2.24, 2.45) is 17.3 Å². The van der Waals surface area contributed by atoms with Gasteiger partial charge in [0.15, 0.2) is 0 Å². The Hall–Kier alpha value is -1.10.